The molecule has 3 atom stereocenters. The van der Waals surface area contributed by atoms with Crippen LogP contribution in [0.25, 0.3) is 0 Å². The third-order valence-electron chi connectivity index (χ3n) is 3.99. The smallest absolute Gasteiger partial charge is 0.209 e. The van der Waals surface area contributed by atoms with Gasteiger partial charge in [0.05, 0.1) is 6.26 Å². The number of hydrogen-bond acceptors (Lipinski definition) is 2. The lowest BCUT2D eigenvalue weighted by Gasteiger charge is -2.40. The van der Waals surface area contributed by atoms with Crippen LogP contribution >= 0.6 is 0 Å². The quantitative estimate of drug-likeness (QED) is 0.767. The molecule has 3 unspecified atom stereocenters. The van der Waals surface area contributed by atoms with Crippen molar-refractivity contribution in [2.24, 2.45) is 17.8 Å². The van der Waals surface area contributed by atoms with Crippen LogP contribution in [0.3, 0.4) is 0 Å². The fourth-order valence-electron chi connectivity index (χ4n) is 2.86. The van der Waals surface area contributed by atoms with Gasteiger partial charge in [0, 0.05) is 5.54 Å². The second-order valence-electron chi connectivity index (χ2n) is 5.86. The Bertz CT molecular complexity index is 322. The van der Waals surface area contributed by atoms with E-state index in [0.29, 0.717) is 17.8 Å². The molecule has 0 spiro atoms. The van der Waals surface area contributed by atoms with E-state index in [-0.39, 0.29) is 5.54 Å². The van der Waals surface area contributed by atoms with Crippen molar-refractivity contribution in [3.8, 4) is 0 Å². The Kier molecular flexibility index (Phi) is 6.15. The van der Waals surface area contributed by atoms with Crippen LogP contribution in [-0.4, -0.2) is 20.2 Å². The first-order chi connectivity index (χ1) is 7.55. The molecule has 0 aromatic rings. The van der Waals surface area contributed by atoms with Crippen molar-refractivity contribution in [1.29, 1.82) is 0 Å². The van der Waals surface area contributed by atoms with Crippen molar-refractivity contribution in [2.75, 3.05) is 6.26 Å². The average molecular weight is 263 g/mol. The summed E-state index contributed by atoms with van der Waals surface area (Å²) in [6.45, 7) is 12.8. The third kappa shape index (κ3) is 5.38. The summed E-state index contributed by atoms with van der Waals surface area (Å²) in [4.78, 5) is 0. The van der Waals surface area contributed by atoms with Crippen molar-refractivity contribution >= 4 is 10.0 Å². The Morgan fingerprint density at radius 3 is 1.88 bits per heavy atom. The van der Waals surface area contributed by atoms with Gasteiger partial charge < -0.3 is 0 Å². The first-order valence-corrected chi connectivity index (χ1v) is 8.43. The van der Waals surface area contributed by atoms with E-state index < -0.39 is 10.0 Å². The molecule has 0 aliphatic heterocycles. The molecular formula is C13H29NO2S. The van der Waals surface area contributed by atoms with Crippen LogP contribution in [-0.2, 0) is 10.0 Å². The second kappa shape index (κ2) is 6.19. The van der Waals surface area contributed by atoms with Gasteiger partial charge in [-0.05, 0) is 31.6 Å². The van der Waals surface area contributed by atoms with E-state index in [1.807, 2.05) is 13.8 Å². The predicted octanol–water partition coefficient (Wildman–Crippen LogP) is 3.02. The summed E-state index contributed by atoms with van der Waals surface area (Å²) in [7, 11) is -3.15. The highest BCUT2D eigenvalue weighted by atomic mass is 32.2. The molecule has 0 radical (unpaired) electrons. The Hall–Kier alpha value is -0.0900. The number of rotatable bonds is 7. The maximum atomic E-state index is 11.4. The topological polar surface area (TPSA) is 46.2 Å². The van der Waals surface area contributed by atoms with E-state index in [1.54, 1.807) is 0 Å². The summed E-state index contributed by atoms with van der Waals surface area (Å²) in [5.74, 6) is 1.47. The summed E-state index contributed by atoms with van der Waals surface area (Å²) in [5.41, 5.74) is -0.384. The lowest BCUT2D eigenvalue weighted by atomic mass is 9.72. The minimum atomic E-state index is -3.15. The minimum Gasteiger partial charge on any atom is -0.213 e. The molecule has 0 aliphatic rings. The molecule has 0 rings (SSSR count). The van der Waals surface area contributed by atoms with Crippen LogP contribution in [0.1, 0.15) is 54.4 Å². The minimum absolute atomic E-state index is 0.354. The summed E-state index contributed by atoms with van der Waals surface area (Å²) < 4.78 is 25.6. The van der Waals surface area contributed by atoms with Gasteiger partial charge in [-0.25, -0.2) is 13.1 Å². The molecule has 104 valence electrons. The van der Waals surface area contributed by atoms with E-state index in [2.05, 4.69) is 32.4 Å². The molecule has 0 amide bonds. The van der Waals surface area contributed by atoms with Crippen LogP contribution < -0.4 is 4.72 Å². The highest BCUT2D eigenvalue weighted by Crippen LogP contribution is 2.34. The van der Waals surface area contributed by atoms with Gasteiger partial charge in [-0.15, -0.1) is 0 Å². The Balaban J connectivity index is 4.97. The van der Waals surface area contributed by atoms with E-state index in [0.717, 1.165) is 12.8 Å². The SMILES string of the molecule is CCC(C)C(C)C(CC)C(C)(C)NS(C)(=O)=O. The fourth-order valence-corrected chi connectivity index (χ4v) is 3.97. The molecular weight excluding hydrogens is 234 g/mol. The fraction of sp³-hybridized carbons (Fsp3) is 1.00. The van der Waals surface area contributed by atoms with Crippen molar-refractivity contribution in [2.45, 2.75) is 59.9 Å². The van der Waals surface area contributed by atoms with E-state index in [9.17, 15) is 8.42 Å². The summed E-state index contributed by atoms with van der Waals surface area (Å²) in [6, 6.07) is 0. The number of nitrogens with one attached hydrogen (secondary N) is 1. The Morgan fingerprint density at radius 1 is 1.12 bits per heavy atom. The molecule has 0 bridgehead atoms. The van der Waals surface area contributed by atoms with Gasteiger partial charge in [0.1, 0.15) is 0 Å². The van der Waals surface area contributed by atoms with E-state index >= 15 is 0 Å². The highest BCUT2D eigenvalue weighted by molar-refractivity contribution is 7.88. The molecule has 1 N–H and O–H groups in total. The molecule has 0 fully saturated rings. The van der Waals surface area contributed by atoms with Crippen LogP contribution in [0.5, 0.6) is 0 Å². The molecule has 0 aromatic carbocycles. The van der Waals surface area contributed by atoms with Crippen molar-refractivity contribution in [1.82, 2.24) is 4.72 Å². The number of hydrogen-bond donors (Lipinski definition) is 1. The Labute approximate surface area is 107 Å². The van der Waals surface area contributed by atoms with Crippen LogP contribution in [0, 0.1) is 17.8 Å². The normalized spacial score (nSPS) is 18.8. The van der Waals surface area contributed by atoms with E-state index in [1.165, 1.54) is 6.26 Å². The predicted molar refractivity (Wildman–Crippen MR) is 74.5 cm³/mol. The zero-order chi connectivity index (χ0) is 13.9. The maximum absolute atomic E-state index is 11.4. The summed E-state index contributed by atoms with van der Waals surface area (Å²) >= 11 is 0. The lowest BCUT2D eigenvalue weighted by molar-refractivity contribution is 0.156. The van der Waals surface area contributed by atoms with Crippen molar-refractivity contribution < 1.29 is 8.42 Å². The van der Waals surface area contributed by atoms with Gasteiger partial charge in [-0.3, -0.25) is 0 Å². The standard InChI is InChI=1S/C13H29NO2S/c1-8-10(3)11(4)12(9-2)13(5,6)14-17(7,15)16/h10-12,14H,8-9H2,1-7H3. The third-order valence-corrected chi connectivity index (χ3v) is 4.89. The largest absolute Gasteiger partial charge is 0.213 e. The monoisotopic (exact) mass is 263 g/mol. The molecule has 4 heteroatoms. The number of sulfonamides is 1. The first kappa shape index (κ1) is 16.9. The average Bonchev–Trinajstić information content (AvgIpc) is 2.12. The van der Waals surface area contributed by atoms with Gasteiger partial charge in [0.2, 0.25) is 10.0 Å². The van der Waals surface area contributed by atoms with Gasteiger partial charge >= 0.3 is 0 Å². The molecule has 0 aliphatic carbocycles. The van der Waals surface area contributed by atoms with Gasteiger partial charge in [-0.1, -0.05) is 40.5 Å². The van der Waals surface area contributed by atoms with Crippen molar-refractivity contribution in [3.63, 3.8) is 0 Å². The van der Waals surface area contributed by atoms with Gasteiger partial charge in [0.25, 0.3) is 0 Å². The van der Waals surface area contributed by atoms with Crippen LogP contribution in [0.4, 0.5) is 0 Å². The highest BCUT2D eigenvalue weighted by Gasteiger charge is 2.35. The van der Waals surface area contributed by atoms with E-state index in [4.69, 9.17) is 0 Å². The first-order valence-electron chi connectivity index (χ1n) is 6.54. The zero-order valence-corrected chi connectivity index (χ0v) is 13.2. The zero-order valence-electron chi connectivity index (χ0n) is 12.4. The molecule has 0 saturated carbocycles. The van der Waals surface area contributed by atoms with Crippen molar-refractivity contribution in [3.05, 3.63) is 0 Å². The molecule has 3 nitrogen and oxygen atoms in total. The molecule has 0 aromatic heterocycles. The molecule has 17 heavy (non-hydrogen) atoms. The van der Waals surface area contributed by atoms with Gasteiger partial charge in [-0.2, -0.15) is 0 Å². The van der Waals surface area contributed by atoms with Crippen LogP contribution in [0.2, 0.25) is 0 Å². The van der Waals surface area contributed by atoms with Crippen LogP contribution in [0.15, 0.2) is 0 Å². The lowest BCUT2D eigenvalue weighted by Crippen LogP contribution is -2.51. The Morgan fingerprint density at radius 2 is 1.59 bits per heavy atom. The molecule has 0 saturated heterocycles. The van der Waals surface area contributed by atoms with Gasteiger partial charge in [0.15, 0.2) is 0 Å². The molecule has 0 heterocycles. The second-order valence-corrected chi connectivity index (χ2v) is 7.60. The summed E-state index contributed by atoms with van der Waals surface area (Å²) in [5, 5.41) is 0. The summed E-state index contributed by atoms with van der Waals surface area (Å²) in [6.07, 6.45) is 3.35. The maximum Gasteiger partial charge on any atom is 0.209 e.